The minimum Gasteiger partial charge on any atom is -0.367 e. The zero-order valence-electron chi connectivity index (χ0n) is 6.51. The summed E-state index contributed by atoms with van der Waals surface area (Å²) in [7, 11) is 0. The summed E-state index contributed by atoms with van der Waals surface area (Å²) in [5, 5.41) is 3.32. The van der Waals surface area contributed by atoms with Gasteiger partial charge in [0.2, 0.25) is 0 Å². The predicted molar refractivity (Wildman–Crippen MR) is 47.9 cm³/mol. The standard InChI is InChI=1S/C8H13NO.ClH/c1-2-6-10-7-8-4-3-5-9-8;/h1,8-9H,3-7H2;1H/t8-;/m0./s1. The van der Waals surface area contributed by atoms with Crippen molar-refractivity contribution in [2.75, 3.05) is 19.8 Å². The van der Waals surface area contributed by atoms with Gasteiger partial charge in [-0.15, -0.1) is 18.8 Å². The topological polar surface area (TPSA) is 21.3 Å². The van der Waals surface area contributed by atoms with Crippen molar-refractivity contribution in [3.8, 4) is 12.3 Å². The van der Waals surface area contributed by atoms with Crippen LogP contribution in [0.1, 0.15) is 12.8 Å². The second-order valence-electron chi connectivity index (χ2n) is 2.51. The number of ether oxygens (including phenoxy) is 1. The molecule has 1 aliphatic heterocycles. The van der Waals surface area contributed by atoms with E-state index in [9.17, 15) is 0 Å². The van der Waals surface area contributed by atoms with Gasteiger partial charge in [-0.05, 0) is 19.4 Å². The van der Waals surface area contributed by atoms with E-state index in [-0.39, 0.29) is 12.4 Å². The Morgan fingerprint density at radius 2 is 2.45 bits per heavy atom. The first kappa shape index (κ1) is 10.8. The van der Waals surface area contributed by atoms with Crippen molar-refractivity contribution in [3.63, 3.8) is 0 Å². The van der Waals surface area contributed by atoms with Crippen molar-refractivity contribution in [2.45, 2.75) is 18.9 Å². The monoisotopic (exact) mass is 175 g/mol. The van der Waals surface area contributed by atoms with Crippen LogP contribution in [0.4, 0.5) is 0 Å². The van der Waals surface area contributed by atoms with Gasteiger partial charge in [0.05, 0.1) is 6.61 Å². The molecular formula is C8H14ClNO. The van der Waals surface area contributed by atoms with E-state index >= 15 is 0 Å². The van der Waals surface area contributed by atoms with Crippen LogP contribution in [-0.2, 0) is 4.74 Å². The SMILES string of the molecule is C#CCOC[C@@H]1CCCN1.Cl. The van der Waals surface area contributed by atoms with Gasteiger partial charge < -0.3 is 10.1 Å². The molecule has 0 saturated carbocycles. The Bertz CT molecular complexity index is 127. The average molecular weight is 176 g/mol. The first-order valence-electron chi connectivity index (χ1n) is 3.68. The summed E-state index contributed by atoms with van der Waals surface area (Å²) in [5.74, 6) is 2.44. The smallest absolute Gasteiger partial charge is 0.107 e. The lowest BCUT2D eigenvalue weighted by atomic mass is 10.2. The molecule has 1 atom stereocenters. The minimum absolute atomic E-state index is 0. The molecule has 1 aliphatic rings. The van der Waals surface area contributed by atoms with Crippen LogP contribution in [0, 0.1) is 12.3 Å². The molecule has 0 radical (unpaired) electrons. The second kappa shape index (κ2) is 6.48. The first-order chi connectivity index (χ1) is 4.93. The fourth-order valence-corrected chi connectivity index (χ4v) is 1.16. The van der Waals surface area contributed by atoms with Crippen molar-refractivity contribution in [1.29, 1.82) is 0 Å². The summed E-state index contributed by atoms with van der Waals surface area (Å²) in [6, 6.07) is 0.549. The summed E-state index contributed by atoms with van der Waals surface area (Å²) in [6.45, 7) is 2.34. The van der Waals surface area contributed by atoms with E-state index in [0.29, 0.717) is 12.6 Å². The summed E-state index contributed by atoms with van der Waals surface area (Å²) in [5.41, 5.74) is 0. The molecule has 1 saturated heterocycles. The maximum absolute atomic E-state index is 5.17. The van der Waals surface area contributed by atoms with Crippen molar-refractivity contribution < 1.29 is 4.74 Å². The average Bonchev–Trinajstić information content (AvgIpc) is 2.41. The molecule has 2 nitrogen and oxygen atoms in total. The quantitative estimate of drug-likeness (QED) is 0.507. The van der Waals surface area contributed by atoms with E-state index in [0.717, 1.165) is 13.2 Å². The largest absolute Gasteiger partial charge is 0.367 e. The third-order valence-electron chi connectivity index (χ3n) is 1.67. The molecule has 1 heterocycles. The molecular weight excluding hydrogens is 162 g/mol. The van der Waals surface area contributed by atoms with Gasteiger partial charge in [-0.2, -0.15) is 0 Å². The molecule has 64 valence electrons. The predicted octanol–water partition coefficient (Wildman–Crippen LogP) is 0.810. The lowest BCUT2D eigenvalue weighted by Gasteiger charge is -2.07. The molecule has 0 aliphatic carbocycles. The Hall–Kier alpha value is -0.230. The number of rotatable bonds is 3. The zero-order valence-corrected chi connectivity index (χ0v) is 7.32. The first-order valence-corrected chi connectivity index (χ1v) is 3.68. The molecule has 0 spiro atoms. The third-order valence-corrected chi connectivity index (χ3v) is 1.67. The van der Waals surface area contributed by atoms with Crippen molar-refractivity contribution in [2.24, 2.45) is 0 Å². The summed E-state index contributed by atoms with van der Waals surface area (Å²) >= 11 is 0. The molecule has 1 rings (SSSR count). The molecule has 0 bridgehead atoms. The van der Waals surface area contributed by atoms with Crippen LogP contribution >= 0.6 is 12.4 Å². The van der Waals surface area contributed by atoms with Gasteiger partial charge in [0.15, 0.2) is 0 Å². The van der Waals surface area contributed by atoms with Gasteiger partial charge in [-0.1, -0.05) is 5.92 Å². The summed E-state index contributed by atoms with van der Waals surface area (Å²) < 4.78 is 5.17. The maximum Gasteiger partial charge on any atom is 0.107 e. The second-order valence-corrected chi connectivity index (χ2v) is 2.51. The van der Waals surface area contributed by atoms with Crippen molar-refractivity contribution >= 4 is 12.4 Å². The van der Waals surface area contributed by atoms with Crippen LogP contribution in [0.15, 0.2) is 0 Å². The lowest BCUT2D eigenvalue weighted by molar-refractivity contribution is 0.146. The van der Waals surface area contributed by atoms with E-state index in [1.807, 2.05) is 0 Å². The highest BCUT2D eigenvalue weighted by molar-refractivity contribution is 5.85. The van der Waals surface area contributed by atoms with Crippen LogP contribution < -0.4 is 5.32 Å². The fraction of sp³-hybridized carbons (Fsp3) is 0.750. The highest BCUT2D eigenvalue weighted by Crippen LogP contribution is 2.04. The maximum atomic E-state index is 5.17. The normalized spacial score (nSPS) is 22.3. The van der Waals surface area contributed by atoms with Gasteiger partial charge in [-0.3, -0.25) is 0 Å². The van der Waals surface area contributed by atoms with E-state index in [1.165, 1.54) is 12.8 Å². The molecule has 0 aromatic carbocycles. The van der Waals surface area contributed by atoms with Crippen molar-refractivity contribution in [3.05, 3.63) is 0 Å². The van der Waals surface area contributed by atoms with Gasteiger partial charge in [0, 0.05) is 6.04 Å². The van der Waals surface area contributed by atoms with Gasteiger partial charge in [-0.25, -0.2) is 0 Å². The molecule has 0 amide bonds. The summed E-state index contributed by atoms with van der Waals surface area (Å²) in [4.78, 5) is 0. The Kier molecular flexibility index (Phi) is 6.34. The van der Waals surface area contributed by atoms with Gasteiger partial charge in [0.1, 0.15) is 6.61 Å². The number of nitrogens with one attached hydrogen (secondary N) is 1. The molecule has 0 unspecified atom stereocenters. The molecule has 0 aromatic rings. The zero-order chi connectivity index (χ0) is 7.23. The number of hydrogen-bond acceptors (Lipinski definition) is 2. The Labute approximate surface area is 74.1 Å². The highest BCUT2D eigenvalue weighted by Gasteiger charge is 2.12. The Morgan fingerprint density at radius 1 is 1.64 bits per heavy atom. The van der Waals surface area contributed by atoms with Crippen LogP contribution in [0.2, 0.25) is 0 Å². The van der Waals surface area contributed by atoms with Crippen LogP contribution in [0.25, 0.3) is 0 Å². The van der Waals surface area contributed by atoms with E-state index in [4.69, 9.17) is 11.2 Å². The number of terminal acetylenes is 1. The third kappa shape index (κ3) is 4.26. The Morgan fingerprint density at radius 3 is 3.00 bits per heavy atom. The van der Waals surface area contributed by atoms with E-state index in [1.54, 1.807) is 0 Å². The van der Waals surface area contributed by atoms with E-state index in [2.05, 4.69) is 11.2 Å². The molecule has 3 heteroatoms. The molecule has 1 N–H and O–H groups in total. The fourth-order valence-electron chi connectivity index (χ4n) is 1.16. The van der Waals surface area contributed by atoms with E-state index < -0.39 is 0 Å². The lowest BCUT2D eigenvalue weighted by Crippen LogP contribution is -2.26. The number of halogens is 1. The van der Waals surface area contributed by atoms with Crippen LogP contribution in [0.5, 0.6) is 0 Å². The molecule has 1 fully saturated rings. The number of hydrogen-bond donors (Lipinski definition) is 1. The van der Waals surface area contributed by atoms with Crippen LogP contribution in [0.3, 0.4) is 0 Å². The highest BCUT2D eigenvalue weighted by atomic mass is 35.5. The molecule has 0 aromatic heterocycles. The van der Waals surface area contributed by atoms with Crippen molar-refractivity contribution in [1.82, 2.24) is 5.32 Å². The van der Waals surface area contributed by atoms with Gasteiger partial charge >= 0.3 is 0 Å². The summed E-state index contributed by atoms with van der Waals surface area (Å²) in [6.07, 6.45) is 7.51. The Balaban J connectivity index is 0.000001000. The molecule has 11 heavy (non-hydrogen) atoms. The van der Waals surface area contributed by atoms with Crippen LogP contribution in [-0.4, -0.2) is 25.8 Å². The van der Waals surface area contributed by atoms with Gasteiger partial charge in [0.25, 0.3) is 0 Å². The minimum atomic E-state index is 0.